The Labute approximate surface area is 95.5 Å². The summed E-state index contributed by atoms with van der Waals surface area (Å²) >= 11 is 0. The van der Waals surface area contributed by atoms with Gasteiger partial charge in [0, 0.05) is 24.6 Å². The SMILES string of the molecule is Cc1cc(N(C)c2ccccn2)ccc1N. The third kappa shape index (κ3) is 1.98. The van der Waals surface area contributed by atoms with Crippen LogP contribution in [0.5, 0.6) is 0 Å². The number of nitrogens with zero attached hydrogens (tertiary/aromatic N) is 2. The molecule has 0 saturated carbocycles. The van der Waals surface area contributed by atoms with Crippen LogP contribution >= 0.6 is 0 Å². The molecule has 0 amide bonds. The van der Waals surface area contributed by atoms with Crippen LogP contribution in [0.25, 0.3) is 0 Å². The average Bonchev–Trinajstić information content (AvgIpc) is 2.33. The third-order valence-electron chi connectivity index (χ3n) is 2.63. The van der Waals surface area contributed by atoms with E-state index in [-0.39, 0.29) is 0 Å². The van der Waals surface area contributed by atoms with Crippen LogP contribution in [-0.2, 0) is 0 Å². The topological polar surface area (TPSA) is 42.2 Å². The summed E-state index contributed by atoms with van der Waals surface area (Å²) in [7, 11) is 1.99. The van der Waals surface area contributed by atoms with Crippen molar-refractivity contribution in [2.45, 2.75) is 6.92 Å². The van der Waals surface area contributed by atoms with Crippen molar-refractivity contribution in [2.75, 3.05) is 17.7 Å². The second-order valence-corrected chi connectivity index (χ2v) is 3.79. The van der Waals surface area contributed by atoms with E-state index in [1.165, 1.54) is 0 Å². The number of anilines is 3. The first-order chi connectivity index (χ1) is 7.68. The third-order valence-corrected chi connectivity index (χ3v) is 2.63. The molecule has 2 rings (SSSR count). The first kappa shape index (κ1) is 10.5. The summed E-state index contributed by atoms with van der Waals surface area (Å²) in [6, 6.07) is 11.8. The zero-order valence-corrected chi connectivity index (χ0v) is 9.51. The number of benzene rings is 1. The predicted octanol–water partition coefficient (Wildman–Crippen LogP) is 2.74. The molecule has 0 unspecified atom stereocenters. The lowest BCUT2D eigenvalue weighted by atomic mass is 10.1. The molecule has 1 aromatic heterocycles. The first-order valence-electron chi connectivity index (χ1n) is 5.19. The van der Waals surface area contributed by atoms with Gasteiger partial charge in [-0.3, -0.25) is 0 Å². The molecule has 0 aliphatic carbocycles. The largest absolute Gasteiger partial charge is 0.399 e. The summed E-state index contributed by atoms with van der Waals surface area (Å²) in [5.74, 6) is 0.923. The minimum Gasteiger partial charge on any atom is -0.399 e. The van der Waals surface area contributed by atoms with Crippen LogP contribution in [0.1, 0.15) is 5.56 Å². The molecule has 82 valence electrons. The van der Waals surface area contributed by atoms with Gasteiger partial charge >= 0.3 is 0 Å². The van der Waals surface area contributed by atoms with Crippen LogP contribution in [0.2, 0.25) is 0 Å². The molecule has 0 radical (unpaired) electrons. The van der Waals surface area contributed by atoms with Gasteiger partial charge in [-0.15, -0.1) is 0 Å². The first-order valence-corrected chi connectivity index (χ1v) is 5.19. The quantitative estimate of drug-likeness (QED) is 0.780. The lowest BCUT2D eigenvalue weighted by Crippen LogP contribution is -2.11. The molecular weight excluding hydrogens is 198 g/mol. The van der Waals surface area contributed by atoms with Gasteiger partial charge in [-0.1, -0.05) is 6.07 Å². The zero-order valence-electron chi connectivity index (χ0n) is 9.51. The van der Waals surface area contributed by atoms with E-state index in [1.54, 1.807) is 6.20 Å². The molecule has 3 heteroatoms. The molecule has 0 fully saturated rings. The number of hydrogen-bond donors (Lipinski definition) is 1. The van der Waals surface area contributed by atoms with E-state index in [1.807, 2.05) is 49.2 Å². The van der Waals surface area contributed by atoms with E-state index in [0.717, 1.165) is 22.8 Å². The molecule has 0 spiro atoms. The molecule has 16 heavy (non-hydrogen) atoms. The highest BCUT2D eigenvalue weighted by atomic mass is 15.2. The molecule has 1 aromatic carbocycles. The molecule has 0 bridgehead atoms. The van der Waals surface area contributed by atoms with Gasteiger partial charge in [0.25, 0.3) is 0 Å². The van der Waals surface area contributed by atoms with Crippen molar-refractivity contribution in [1.82, 2.24) is 4.98 Å². The predicted molar refractivity (Wildman–Crippen MR) is 67.9 cm³/mol. The Morgan fingerprint density at radius 3 is 2.62 bits per heavy atom. The van der Waals surface area contributed by atoms with Crippen molar-refractivity contribution in [3.8, 4) is 0 Å². The summed E-state index contributed by atoms with van der Waals surface area (Å²) in [4.78, 5) is 6.34. The standard InChI is InChI=1S/C13H15N3/c1-10-9-11(6-7-12(10)14)16(2)13-5-3-4-8-15-13/h3-9H,14H2,1-2H3. The Morgan fingerprint density at radius 2 is 2.00 bits per heavy atom. The number of rotatable bonds is 2. The van der Waals surface area contributed by atoms with Crippen LogP contribution in [-0.4, -0.2) is 12.0 Å². The van der Waals surface area contributed by atoms with Gasteiger partial charge in [0.2, 0.25) is 0 Å². The van der Waals surface area contributed by atoms with Gasteiger partial charge < -0.3 is 10.6 Å². The van der Waals surface area contributed by atoms with Crippen molar-refractivity contribution < 1.29 is 0 Å². The van der Waals surface area contributed by atoms with Crippen molar-refractivity contribution in [1.29, 1.82) is 0 Å². The fraction of sp³-hybridized carbons (Fsp3) is 0.154. The summed E-state index contributed by atoms with van der Waals surface area (Å²) in [6.45, 7) is 2.01. The minimum absolute atomic E-state index is 0.818. The van der Waals surface area contributed by atoms with Crippen LogP contribution in [0.15, 0.2) is 42.6 Å². The Morgan fingerprint density at radius 1 is 1.19 bits per heavy atom. The van der Waals surface area contributed by atoms with E-state index in [9.17, 15) is 0 Å². The maximum absolute atomic E-state index is 5.79. The van der Waals surface area contributed by atoms with Crippen LogP contribution in [0.4, 0.5) is 17.2 Å². The molecule has 2 aromatic rings. The van der Waals surface area contributed by atoms with E-state index < -0.39 is 0 Å². The van der Waals surface area contributed by atoms with E-state index in [0.29, 0.717) is 0 Å². The Kier molecular flexibility index (Phi) is 2.77. The summed E-state index contributed by atoms with van der Waals surface area (Å²) < 4.78 is 0. The maximum atomic E-state index is 5.79. The number of nitrogen functional groups attached to an aromatic ring is 1. The highest BCUT2D eigenvalue weighted by molar-refractivity contribution is 5.64. The summed E-state index contributed by atoms with van der Waals surface area (Å²) in [5.41, 5.74) is 8.78. The summed E-state index contributed by atoms with van der Waals surface area (Å²) in [5, 5.41) is 0. The van der Waals surface area contributed by atoms with Gasteiger partial charge in [-0.25, -0.2) is 4.98 Å². The molecule has 0 aliphatic heterocycles. The minimum atomic E-state index is 0.818. The summed E-state index contributed by atoms with van der Waals surface area (Å²) in [6.07, 6.45) is 1.79. The van der Waals surface area contributed by atoms with E-state index in [4.69, 9.17) is 5.73 Å². The second-order valence-electron chi connectivity index (χ2n) is 3.79. The van der Waals surface area contributed by atoms with Gasteiger partial charge in [-0.05, 0) is 42.8 Å². The highest BCUT2D eigenvalue weighted by Crippen LogP contribution is 2.24. The zero-order chi connectivity index (χ0) is 11.5. The van der Waals surface area contributed by atoms with Crippen LogP contribution < -0.4 is 10.6 Å². The van der Waals surface area contributed by atoms with Crippen LogP contribution in [0.3, 0.4) is 0 Å². The molecule has 1 heterocycles. The highest BCUT2D eigenvalue weighted by Gasteiger charge is 2.05. The van der Waals surface area contributed by atoms with Crippen molar-refractivity contribution in [2.24, 2.45) is 0 Å². The number of aromatic nitrogens is 1. The van der Waals surface area contributed by atoms with Gasteiger partial charge in [0.15, 0.2) is 0 Å². The number of aryl methyl sites for hydroxylation is 1. The number of hydrogen-bond acceptors (Lipinski definition) is 3. The smallest absolute Gasteiger partial charge is 0.132 e. The Bertz CT molecular complexity index is 480. The van der Waals surface area contributed by atoms with Crippen molar-refractivity contribution in [3.63, 3.8) is 0 Å². The Hall–Kier alpha value is -2.03. The lowest BCUT2D eigenvalue weighted by Gasteiger charge is -2.19. The van der Waals surface area contributed by atoms with Gasteiger partial charge in [0.05, 0.1) is 0 Å². The Balaban J connectivity index is 2.34. The molecule has 0 aliphatic rings. The van der Waals surface area contributed by atoms with Gasteiger partial charge in [0.1, 0.15) is 5.82 Å². The van der Waals surface area contributed by atoms with Gasteiger partial charge in [-0.2, -0.15) is 0 Å². The molecule has 0 atom stereocenters. The van der Waals surface area contributed by atoms with Crippen molar-refractivity contribution in [3.05, 3.63) is 48.2 Å². The molecular formula is C13H15N3. The maximum Gasteiger partial charge on any atom is 0.132 e. The number of pyridine rings is 1. The fourth-order valence-corrected chi connectivity index (χ4v) is 1.55. The molecule has 2 N–H and O–H groups in total. The van der Waals surface area contributed by atoms with Crippen molar-refractivity contribution >= 4 is 17.2 Å². The number of nitrogens with two attached hydrogens (primary N) is 1. The average molecular weight is 213 g/mol. The molecule has 3 nitrogen and oxygen atoms in total. The monoisotopic (exact) mass is 213 g/mol. The van der Waals surface area contributed by atoms with E-state index in [2.05, 4.69) is 11.1 Å². The van der Waals surface area contributed by atoms with Crippen LogP contribution in [0, 0.1) is 6.92 Å². The lowest BCUT2D eigenvalue weighted by molar-refractivity contribution is 1.12. The normalized spacial score (nSPS) is 10.1. The van der Waals surface area contributed by atoms with E-state index >= 15 is 0 Å². The fourth-order valence-electron chi connectivity index (χ4n) is 1.55. The second kappa shape index (κ2) is 4.23. The molecule has 0 saturated heterocycles.